The number of carboxylic acids is 1. The molecule has 0 aliphatic carbocycles. The summed E-state index contributed by atoms with van der Waals surface area (Å²) in [5.41, 5.74) is 29.3. The Bertz CT molecular complexity index is 4390. The SMILES string of the molecule is CC(=O)N[C@@H](CS)C(=O)N[C@@H](CCC(N)=O)C(=O)N[C@H](C(=O)N[C@@H](Cc1c[nH]c2ccccc12)C(=O)N[C@@H](CCC(N)=O)C(=O)N[C@@H](CS)C(=O)N[C@@H](Cc1ccc(O)cc1)C(=O)N[C@@H](Cc1c[nH]c2ccccc12)C(=O)N[C@@H](CCC(C)C)C(=O)N[C@@H](CCC(=O)O)C(=O)N[C@@H](CC(N)=O)C(=O)N[C@@H](CCC(N)=O)C(N)=O)[C@@H](C)O. The number of aliphatic hydroxyl groups is 1. The summed E-state index contributed by atoms with van der Waals surface area (Å²) in [6.07, 6.45) is -4.97. The number of nitrogens with one attached hydrogen (secondary N) is 14. The van der Waals surface area contributed by atoms with E-state index < -0.39 is 249 Å². The largest absolute Gasteiger partial charge is 0.508 e. The molecule has 40 nitrogen and oxygen atoms in total. The van der Waals surface area contributed by atoms with Crippen molar-refractivity contribution in [1.29, 1.82) is 0 Å². The number of fused-ring (bicyclic) bond motifs is 2. The van der Waals surface area contributed by atoms with Crippen LogP contribution < -0.4 is 92.5 Å². The third-order valence-electron chi connectivity index (χ3n) is 18.2. The summed E-state index contributed by atoms with van der Waals surface area (Å²) in [5.74, 6) is -20.5. The zero-order valence-corrected chi connectivity index (χ0v) is 65.7. The minimum absolute atomic E-state index is 0.162. The highest BCUT2D eigenvalue weighted by molar-refractivity contribution is 7.80. The van der Waals surface area contributed by atoms with E-state index in [0.717, 1.165) is 13.8 Å². The number of carbonyl (C=O) groups is 18. The second-order valence-corrected chi connectivity index (χ2v) is 28.7. The number of nitrogens with two attached hydrogens (primary N) is 5. The van der Waals surface area contributed by atoms with Gasteiger partial charge in [0.25, 0.3) is 0 Å². The molecule has 42 heteroatoms. The Morgan fingerprint density at radius 3 is 1.11 bits per heavy atom. The Balaban J connectivity index is 1.48. The van der Waals surface area contributed by atoms with Crippen LogP contribution in [0.5, 0.6) is 5.75 Å². The van der Waals surface area contributed by atoms with E-state index in [-0.39, 0.29) is 49.5 Å². The number of aromatic nitrogens is 2. The van der Waals surface area contributed by atoms with Gasteiger partial charge < -0.3 is 118 Å². The van der Waals surface area contributed by atoms with Crippen LogP contribution in [0.2, 0.25) is 0 Å². The molecule has 116 heavy (non-hydrogen) atoms. The number of benzene rings is 3. The topological polar surface area (TPSA) is 674 Å². The number of aliphatic hydroxyl groups excluding tert-OH is 1. The highest BCUT2D eigenvalue weighted by Crippen LogP contribution is 2.23. The maximum Gasteiger partial charge on any atom is 0.303 e. The Morgan fingerprint density at radius 2 is 0.716 bits per heavy atom. The molecule has 0 aliphatic heterocycles. The molecule has 27 N–H and O–H groups in total. The van der Waals surface area contributed by atoms with E-state index in [1.165, 1.54) is 30.5 Å². The van der Waals surface area contributed by atoms with E-state index >= 15 is 9.59 Å². The molecule has 0 radical (unpaired) electrons. The van der Waals surface area contributed by atoms with E-state index in [2.05, 4.69) is 99.0 Å². The van der Waals surface area contributed by atoms with Crippen LogP contribution in [0.1, 0.15) is 115 Å². The van der Waals surface area contributed by atoms with Crippen LogP contribution in [-0.4, -0.2) is 222 Å². The number of H-pyrrole nitrogens is 2. The second-order valence-electron chi connectivity index (χ2n) is 27.9. The lowest BCUT2D eigenvalue weighted by atomic mass is 9.99. The first-order valence-electron chi connectivity index (χ1n) is 36.8. The van der Waals surface area contributed by atoms with Crippen molar-refractivity contribution in [2.24, 2.45) is 34.6 Å². The molecular formula is C74H101N19O21S2. The fourth-order valence-corrected chi connectivity index (χ4v) is 12.5. The minimum atomic E-state index is -1.93. The van der Waals surface area contributed by atoms with Crippen LogP contribution >= 0.6 is 25.3 Å². The van der Waals surface area contributed by atoms with Gasteiger partial charge in [0.15, 0.2) is 0 Å². The number of phenols is 1. The van der Waals surface area contributed by atoms with Crippen molar-refractivity contribution in [3.63, 3.8) is 0 Å². The summed E-state index contributed by atoms with van der Waals surface area (Å²) in [7, 11) is 0. The molecule has 0 spiro atoms. The summed E-state index contributed by atoms with van der Waals surface area (Å²) in [5, 5.41) is 61.5. The van der Waals surface area contributed by atoms with Gasteiger partial charge in [-0.1, -0.05) is 62.4 Å². The average Bonchev–Trinajstić information content (AvgIpc) is 1.65. The number of aliphatic carboxylic acids is 1. The normalized spacial score (nSPS) is 14.5. The van der Waals surface area contributed by atoms with Crippen molar-refractivity contribution in [2.75, 3.05) is 11.5 Å². The fraction of sp³-hybridized carbons (Fsp3) is 0.459. The minimum Gasteiger partial charge on any atom is -0.508 e. The summed E-state index contributed by atoms with van der Waals surface area (Å²) in [6, 6.07) is -1.34. The molecule has 5 rings (SSSR count). The van der Waals surface area contributed by atoms with Gasteiger partial charge in [0.2, 0.25) is 100 Å². The van der Waals surface area contributed by atoms with Gasteiger partial charge in [0.05, 0.1) is 12.5 Å². The van der Waals surface area contributed by atoms with Crippen LogP contribution in [-0.2, 0) is 106 Å². The van der Waals surface area contributed by atoms with Crippen LogP contribution in [0.25, 0.3) is 21.8 Å². The number of para-hydroxylation sites is 2. The quantitative estimate of drug-likeness (QED) is 0.0162. The molecule has 630 valence electrons. The number of primary amides is 5. The highest BCUT2D eigenvalue weighted by atomic mass is 32.1. The predicted octanol–water partition coefficient (Wildman–Crippen LogP) is -5.08. The number of phenolic OH excluding ortho intramolecular Hbond substituents is 1. The second kappa shape index (κ2) is 46.1. The van der Waals surface area contributed by atoms with Gasteiger partial charge in [-0.15, -0.1) is 0 Å². The van der Waals surface area contributed by atoms with Gasteiger partial charge >= 0.3 is 5.97 Å². The molecule has 0 saturated carbocycles. The molecule has 0 saturated heterocycles. The number of hydrogen-bond acceptors (Lipinski definition) is 22. The number of hydrogen-bond donors (Lipinski definition) is 24. The molecule has 2 heterocycles. The number of thiol groups is 2. The maximum atomic E-state index is 15.2. The van der Waals surface area contributed by atoms with E-state index in [9.17, 15) is 92.0 Å². The van der Waals surface area contributed by atoms with Crippen molar-refractivity contribution in [3.8, 4) is 5.75 Å². The first-order valence-corrected chi connectivity index (χ1v) is 38.1. The van der Waals surface area contributed by atoms with Crippen molar-refractivity contribution in [3.05, 3.63) is 102 Å². The van der Waals surface area contributed by atoms with Crippen LogP contribution in [0.3, 0.4) is 0 Å². The standard InChI is InChI=1S/C74H101N19O21S2/c1-35(2)13-18-47(64(104)84-50(22-26-61(101)102)65(105)90-54(30-60(78)100)71(111)83-46(63(79)103)19-23-57(75)97)85-69(109)52(28-39-31-80-44-11-7-5-9-42(39)44)89-68(108)51(27-38-14-16-41(96)17-15-38)88-73(113)56(34-116)92-66(106)48(20-24-58(76)98)86-70(110)53(29-40-32-81-45-12-8-6-10-43(40)45)91-74(114)62(36(3)94)93-67(107)49(21-25-59(77)99)87-72(112)55(33-115)82-37(4)95/h5-12,14-17,31-32,35-36,46-56,62,80-81,94,96,115-116H,13,18-30,33-34H2,1-4H3,(H2,75,97)(H2,76,98)(H2,77,99)(H2,78,100)(H2,79,103)(H,82,95)(H,83,111)(H,84,104)(H,85,109)(H,86,110)(H,87,112)(H,88,113)(H,89,108)(H,90,105)(H,91,114)(H,92,106)(H,93,107)(H,101,102)/t36-,46+,47+,48+,49+,50+,51+,52+,53+,54+,55+,56+,62+/m1/s1. The van der Waals surface area contributed by atoms with Gasteiger partial charge in [0, 0.05) is 97.6 Å². The summed E-state index contributed by atoms with van der Waals surface area (Å²) in [6.45, 7) is 5.80. The van der Waals surface area contributed by atoms with Gasteiger partial charge in [0.1, 0.15) is 78.3 Å². The van der Waals surface area contributed by atoms with Gasteiger partial charge in [-0.05, 0) is 92.3 Å². The van der Waals surface area contributed by atoms with Gasteiger partial charge in [-0.2, -0.15) is 25.3 Å². The summed E-state index contributed by atoms with van der Waals surface area (Å²) in [4.78, 5) is 249. The monoisotopic (exact) mass is 1660 g/mol. The number of carbonyl (C=O) groups excluding carboxylic acids is 17. The molecule has 17 amide bonds. The molecule has 5 aromatic rings. The maximum absolute atomic E-state index is 15.2. The van der Waals surface area contributed by atoms with Gasteiger partial charge in [-0.25, -0.2) is 0 Å². The zero-order chi connectivity index (χ0) is 86.2. The number of carboxylic acid groups (broad SMARTS) is 1. The number of rotatable bonds is 50. The van der Waals surface area contributed by atoms with Crippen LogP contribution in [0.4, 0.5) is 0 Å². The Morgan fingerprint density at radius 1 is 0.379 bits per heavy atom. The first-order chi connectivity index (χ1) is 54.8. The molecule has 3 aromatic carbocycles. The van der Waals surface area contributed by atoms with E-state index in [1.54, 1.807) is 68.6 Å². The Hall–Kier alpha value is -12.3. The number of aromatic hydroxyl groups is 1. The highest BCUT2D eigenvalue weighted by Gasteiger charge is 2.39. The predicted molar refractivity (Wildman–Crippen MR) is 423 cm³/mol. The van der Waals surface area contributed by atoms with Gasteiger partial charge in [-0.3, -0.25) is 86.3 Å². The molecule has 0 aliphatic rings. The summed E-state index contributed by atoms with van der Waals surface area (Å²) < 4.78 is 0. The van der Waals surface area contributed by atoms with Crippen molar-refractivity contribution in [1.82, 2.24) is 73.8 Å². The van der Waals surface area contributed by atoms with Crippen LogP contribution in [0, 0.1) is 5.92 Å². The first kappa shape index (κ1) is 94.3. The molecule has 0 unspecified atom stereocenters. The van der Waals surface area contributed by atoms with E-state index in [4.69, 9.17) is 28.7 Å². The lowest BCUT2D eigenvalue weighted by Crippen LogP contribution is -2.62. The third-order valence-corrected chi connectivity index (χ3v) is 18.9. The lowest BCUT2D eigenvalue weighted by Gasteiger charge is -2.29. The zero-order valence-electron chi connectivity index (χ0n) is 64.0. The molecular weight excluding hydrogens is 1560 g/mol. The van der Waals surface area contributed by atoms with Crippen molar-refractivity contribution < 1.29 is 102 Å². The van der Waals surface area contributed by atoms with Crippen molar-refractivity contribution >= 4 is 153 Å². The van der Waals surface area contributed by atoms with E-state index in [1.807, 2.05) is 0 Å². The fourth-order valence-electron chi connectivity index (χ4n) is 11.9. The molecule has 2 aromatic heterocycles. The molecule has 13 atom stereocenters. The van der Waals surface area contributed by atoms with Crippen molar-refractivity contribution in [2.45, 2.75) is 196 Å². The molecule has 0 bridgehead atoms. The lowest BCUT2D eigenvalue weighted by molar-refractivity contribution is -0.139. The summed E-state index contributed by atoms with van der Waals surface area (Å²) >= 11 is 8.44. The third kappa shape index (κ3) is 30.9. The Labute approximate surface area is 675 Å². The number of aromatic amines is 2. The Kier molecular flexibility index (Phi) is 37.5. The molecule has 0 fully saturated rings. The number of amides is 17. The smallest absolute Gasteiger partial charge is 0.303 e. The van der Waals surface area contributed by atoms with Crippen LogP contribution in [0.15, 0.2) is 85.2 Å². The van der Waals surface area contributed by atoms with E-state index in [0.29, 0.717) is 38.5 Å². The average molecular weight is 1660 g/mol.